The second-order valence-electron chi connectivity index (χ2n) is 7.05. The molecule has 3 rings (SSSR count). The number of nitriles is 2. The van der Waals surface area contributed by atoms with Gasteiger partial charge in [-0.15, -0.1) is 11.8 Å². The summed E-state index contributed by atoms with van der Waals surface area (Å²) in [5.41, 5.74) is 2.30. The molecule has 2 heterocycles. The predicted molar refractivity (Wildman–Crippen MR) is 117 cm³/mol. The molecule has 2 aliphatic rings. The zero-order chi connectivity index (χ0) is 21.5. The summed E-state index contributed by atoms with van der Waals surface area (Å²) in [6.45, 7) is 8.10. The van der Waals surface area contributed by atoms with Crippen LogP contribution in [-0.2, 0) is 9.53 Å². The fourth-order valence-electron chi connectivity index (χ4n) is 3.48. The number of benzene rings is 1. The van der Waals surface area contributed by atoms with E-state index in [1.54, 1.807) is 24.3 Å². The Hall–Kier alpha value is -3.16. The molecular formula is C23H24N4O2S. The van der Waals surface area contributed by atoms with Gasteiger partial charge in [0.1, 0.15) is 0 Å². The number of hydrogen-bond acceptors (Lipinski definition) is 6. The molecule has 0 radical (unpaired) electrons. The van der Waals surface area contributed by atoms with Gasteiger partial charge in [0.2, 0.25) is 5.91 Å². The number of amides is 1. The third-order valence-corrected chi connectivity index (χ3v) is 6.36. The molecule has 0 fully saturated rings. The van der Waals surface area contributed by atoms with Crippen LogP contribution in [0.1, 0.15) is 30.9 Å². The number of thioether (sulfide) groups is 1. The summed E-state index contributed by atoms with van der Waals surface area (Å²) >= 11 is 1.53. The topological polar surface area (TPSA) is 89.2 Å². The van der Waals surface area contributed by atoms with Crippen LogP contribution in [0.15, 0.2) is 53.3 Å². The Balaban J connectivity index is 1.63. The minimum absolute atomic E-state index is 0.284. The molecule has 0 bridgehead atoms. The van der Waals surface area contributed by atoms with Crippen LogP contribution in [0.5, 0.6) is 0 Å². The molecule has 2 aliphatic heterocycles. The highest BCUT2D eigenvalue weighted by molar-refractivity contribution is 8.04. The van der Waals surface area contributed by atoms with E-state index in [1.807, 2.05) is 6.07 Å². The van der Waals surface area contributed by atoms with Crippen LogP contribution < -0.4 is 5.32 Å². The van der Waals surface area contributed by atoms with Crippen molar-refractivity contribution in [3.8, 4) is 12.1 Å². The molecule has 1 N–H and O–H groups in total. The van der Waals surface area contributed by atoms with Gasteiger partial charge in [0.05, 0.1) is 42.1 Å². The van der Waals surface area contributed by atoms with E-state index in [-0.39, 0.29) is 17.2 Å². The summed E-state index contributed by atoms with van der Waals surface area (Å²) < 4.78 is 5.65. The molecule has 0 saturated carbocycles. The minimum atomic E-state index is -0.347. The van der Waals surface area contributed by atoms with Crippen molar-refractivity contribution < 1.29 is 9.53 Å². The van der Waals surface area contributed by atoms with Gasteiger partial charge in [0.15, 0.2) is 5.88 Å². The lowest BCUT2D eigenvalue weighted by Gasteiger charge is -2.31. The van der Waals surface area contributed by atoms with Crippen LogP contribution >= 0.6 is 11.8 Å². The Kier molecular flexibility index (Phi) is 7.21. The Bertz CT molecular complexity index is 970. The largest absolute Gasteiger partial charge is 0.479 e. The average Bonchev–Trinajstić information content (AvgIpc) is 3.11. The van der Waals surface area contributed by atoms with Gasteiger partial charge in [-0.2, -0.15) is 10.5 Å². The van der Waals surface area contributed by atoms with Crippen molar-refractivity contribution in [3.05, 3.63) is 64.4 Å². The fourth-order valence-corrected chi connectivity index (χ4v) is 4.93. The highest BCUT2D eigenvalue weighted by atomic mass is 32.2. The zero-order valence-corrected chi connectivity index (χ0v) is 17.7. The van der Waals surface area contributed by atoms with Crippen LogP contribution in [0, 0.1) is 28.6 Å². The van der Waals surface area contributed by atoms with Crippen molar-refractivity contribution >= 4 is 23.7 Å². The molecule has 7 heteroatoms. The van der Waals surface area contributed by atoms with Gasteiger partial charge in [0, 0.05) is 17.5 Å². The summed E-state index contributed by atoms with van der Waals surface area (Å²) in [6, 6.07) is 11.6. The first kappa shape index (κ1) is 21.5. The molecule has 1 aromatic rings. The monoisotopic (exact) mass is 420 g/mol. The lowest BCUT2D eigenvalue weighted by molar-refractivity contribution is -0.116. The van der Waals surface area contributed by atoms with E-state index < -0.39 is 0 Å². The van der Waals surface area contributed by atoms with Gasteiger partial charge in [-0.05, 0) is 42.7 Å². The van der Waals surface area contributed by atoms with E-state index in [0.717, 1.165) is 29.9 Å². The van der Waals surface area contributed by atoms with E-state index in [1.165, 1.54) is 17.8 Å². The second kappa shape index (κ2) is 10.0. The van der Waals surface area contributed by atoms with E-state index in [9.17, 15) is 10.1 Å². The molecule has 0 aromatic heterocycles. The third-order valence-electron chi connectivity index (χ3n) is 5.04. The van der Waals surface area contributed by atoms with Crippen LogP contribution in [0.4, 0.5) is 0 Å². The molecule has 0 saturated heterocycles. The van der Waals surface area contributed by atoms with Crippen LogP contribution in [-0.4, -0.2) is 35.9 Å². The van der Waals surface area contributed by atoms with Crippen molar-refractivity contribution in [2.24, 2.45) is 5.92 Å². The SMILES string of the molecule is C=C(OCCC)N1CCC2=C(C1)SC(NC(=O)/C=C/c1ccccc1C#N)C2C#N. The van der Waals surface area contributed by atoms with E-state index in [0.29, 0.717) is 30.2 Å². The molecular weight excluding hydrogens is 396 g/mol. The molecule has 154 valence electrons. The molecule has 0 aliphatic carbocycles. The fraction of sp³-hybridized carbons (Fsp3) is 0.348. The third kappa shape index (κ3) is 4.87. The lowest BCUT2D eigenvalue weighted by atomic mass is 9.94. The van der Waals surface area contributed by atoms with Crippen molar-refractivity contribution in [2.45, 2.75) is 25.1 Å². The zero-order valence-electron chi connectivity index (χ0n) is 16.9. The number of hydrogen-bond donors (Lipinski definition) is 1. The van der Waals surface area contributed by atoms with Crippen molar-refractivity contribution in [3.63, 3.8) is 0 Å². The van der Waals surface area contributed by atoms with Gasteiger partial charge in [-0.25, -0.2) is 0 Å². The molecule has 30 heavy (non-hydrogen) atoms. The normalized spacial score (nSPS) is 20.4. The Morgan fingerprint density at radius 1 is 1.43 bits per heavy atom. The highest BCUT2D eigenvalue weighted by Crippen LogP contribution is 2.45. The quantitative estimate of drug-likeness (QED) is 0.534. The summed E-state index contributed by atoms with van der Waals surface area (Å²) in [5, 5.41) is 21.5. The van der Waals surface area contributed by atoms with E-state index in [4.69, 9.17) is 10.00 Å². The van der Waals surface area contributed by atoms with Crippen molar-refractivity contribution in [2.75, 3.05) is 19.7 Å². The van der Waals surface area contributed by atoms with Crippen LogP contribution in [0.3, 0.4) is 0 Å². The summed E-state index contributed by atoms with van der Waals surface area (Å²) in [5.74, 6) is 0.0256. The summed E-state index contributed by atoms with van der Waals surface area (Å²) in [4.78, 5) is 15.7. The summed E-state index contributed by atoms with van der Waals surface area (Å²) in [6.07, 6.45) is 4.72. The molecule has 2 unspecified atom stereocenters. The number of ether oxygens (including phenoxy) is 1. The number of carbonyl (C=O) groups is 1. The molecule has 1 amide bonds. The Morgan fingerprint density at radius 2 is 2.23 bits per heavy atom. The molecule has 2 atom stereocenters. The first-order valence-corrected chi connectivity index (χ1v) is 10.8. The number of nitrogens with zero attached hydrogens (tertiary/aromatic N) is 3. The second-order valence-corrected chi connectivity index (χ2v) is 8.28. The first-order valence-electron chi connectivity index (χ1n) is 9.90. The van der Waals surface area contributed by atoms with Gasteiger partial charge in [-0.3, -0.25) is 4.79 Å². The van der Waals surface area contributed by atoms with Crippen LogP contribution in [0.25, 0.3) is 6.08 Å². The summed E-state index contributed by atoms with van der Waals surface area (Å²) in [7, 11) is 0. The number of rotatable bonds is 7. The Labute approximate surface area is 181 Å². The predicted octanol–water partition coefficient (Wildman–Crippen LogP) is 3.76. The highest BCUT2D eigenvalue weighted by Gasteiger charge is 2.39. The van der Waals surface area contributed by atoms with Crippen molar-refractivity contribution in [1.29, 1.82) is 10.5 Å². The van der Waals surface area contributed by atoms with Crippen molar-refractivity contribution in [1.82, 2.24) is 10.2 Å². The number of nitrogens with one attached hydrogen (secondary N) is 1. The van der Waals surface area contributed by atoms with Crippen LogP contribution in [0.2, 0.25) is 0 Å². The average molecular weight is 421 g/mol. The lowest BCUT2D eigenvalue weighted by Crippen LogP contribution is -2.35. The maximum Gasteiger partial charge on any atom is 0.244 e. The first-order chi connectivity index (χ1) is 14.6. The minimum Gasteiger partial charge on any atom is -0.479 e. The molecule has 6 nitrogen and oxygen atoms in total. The van der Waals surface area contributed by atoms with Gasteiger partial charge < -0.3 is 15.0 Å². The van der Waals surface area contributed by atoms with E-state index >= 15 is 0 Å². The maximum absolute atomic E-state index is 12.5. The number of carbonyl (C=O) groups excluding carboxylic acids is 1. The maximum atomic E-state index is 12.5. The molecule has 0 spiro atoms. The molecule has 1 aromatic carbocycles. The van der Waals surface area contributed by atoms with Gasteiger partial charge >= 0.3 is 0 Å². The Morgan fingerprint density at radius 3 is 2.97 bits per heavy atom. The van der Waals surface area contributed by atoms with Gasteiger partial charge in [0.25, 0.3) is 0 Å². The van der Waals surface area contributed by atoms with Gasteiger partial charge in [-0.1, -0.05) is 25.1 Å². The standard InChI is InChI=1S/C23H24N4O2S/c1-3-12-29-16(2)27-11-10-19-20(14-25)23(30-21(19)15-27)26-22(28)9-8-17-6-4-5-7-18(17)13-24/h4-9,20,23H,2-3,10-12,15H2,1H3,(H,26,28)/b9-8+. The smallest absolute Gasteiger partial charge is 0.244 e. The van der Waals surface area contributed by atoms with E-state index in [2.05, 4.69) is 35.9 Å².